The Kier molecular flexibility index (Phi) is 10.9. The lowest BCUT2D eigenvalue weighted by Crippen LogP contribution is -2.32. The molecule has 0 aliphatic carbocycles. The first-order valence-corrected chi connectivity index (χ1v) is 15.3. The van der Waals surface area contributed by atoms with Gasteiger partial charge in [0.25, 0.3) is 0 Å². The lowest BCUT2D eigenvalue weighted by atomic mass is 10.00. The zero-order chi connectivity index (χ0) is 32.3. The number of carbonyl (C=O) groups is 2. The summed E-state index contributed by atoms with van der Waals surface area (Å²) in [5, 5.41) is 13.8. The van der Waals surface area contributed by atoms with E-state index >= 15 is 0 Å². The van der Waals surface area contributed by atoms with Gasteiger partial charge in [0.05, 0.1) is 13.7 Å². The van der Waals surface area contributed by atoms with Crippen LogP contribution in [0.1, 0.15) is 27.0 Å². The number of halogens is 1. The van der Waals surface area contributed by atoms with E-state index in [1.165, 1.54) is 0 Å². The van der Waals surface area contributed by atoms with E-state index in [9.17, 15) is 14.7 Å². The highest BCUT2D eigenvalue weighted by Crippen LogP contribution is 2.26. The van der Waals surface area contributed by atoms with Gasteiger partial charge in [-0.1, -0.05) is 90.5 Å². The molecule has 234 valence electrons. The zero-order valence-electron chi connectivity index (χ0n) is 25.4. The van der Waals surface area contributed by atoms with Crippen molar-refractivity contribution in [2.45, 2.75) is 19.0 Å². The third-order valence-electron chi connectivity index (χ3n) is 7.56. The fourth-order valence-corrected chi connectivity index (χ4v) is 5.37. The van der Waals surface area contributed by atoms with E-state index in [1.54, 1.807) is 55.6 Å². The second-order valence-corrected chi connectivity index (χ2v) is 11.1. The van der Waals surface area contributed by atoms with Crippen molar-refractivity contribution in [2.24, 2.45) is 0 Å². The van der Waals surface area contributed by atoms with E-state index in [0.717, 1.165) is 22.6 Å². The number of hydrogen-bond donors (Lipinski definition) is 2. The Balaban J connectivity index is 1.22. The van der Waals surface area contributed by atoms with Crippen LogP contribution in [0.25, 0.3) is 0 Å². The van der Waals surface area contributed by atoms with Crippen molar-refractivity contribution in [3.8, 4) is 11.5 Å². The average Bonchev–Trinajstić information content (AvgIpc) is 3.08. The molecule has 5 aromatic rings. The third kappa shape index (κ3) is 8.46. The van der Waals surface area contributed by atoms with Gasteiger partial charge in [-0.05, 0) is 54.1 Å². The van der Waals surface area contributed by atoms with E-state index in [4.69, 9.17) is 21.1 Å². The number of para-hydroxylation sites is 2. The Bertz CT molecular complexity index is 1760. The largest absolute Gasteiger partial charge is 0.496 e. The summed E-state index contributed by atoms with van der Waals surface area (Å²) in [5.41, 5.74) is 4.26. The van der Waals surface area contributed by atoms with Gasteiger partial charge in [0, 0.05) is 46.1 Å². The predicted octanol–water partition coefficient (Wildman–Crippen LogP) is 7.77. The molecule has 2 N–H and O–H groups in total. The van der Waals surface area contributed by atoms with Crippen molar-refractivity contribution in [1.82, 2.24) is 0 Å². The van der Waals surface area contributed by atoms with Gasteiger partial charge in [-0.25, -0.2) is 4.79 Å². The van der Waals surface area contributed by atoms with Gasteiger partial charge in [0.15, 0.2) is 5.78 Å². The summed E-state index contributed by atoms with van der Waals surface area (Å²) >= 11 is 6.30. The Morgan fingerprint density at radius 1 is 0.848 bits per heavy atom. The standard InChI is InChI=1S/C38H35ClN2O5/c1-45-36-17-8-5-12-29(36)26-41(31-14-9-13-30(39)25-31)22-23-46-32-20-18-27(19-21-32)24-35(38(43)44)40-34-16-7-6-15-33(34)37(42)28-10-3-2-4-11-28/h2-21,25,35,40H,22-24,26H2,1H3,(H,43,44)/t35-/m0/s1. The zero-order valence-corrected chi connectivity index (χ0v) is 26.2. The van der Waals surface area contributed by atoms with E-state index in [2.05, 4.69) is 10.2 Å². The first-order valence-electron chi connectivity index (χ1n) is 14.9. The molecule has 0 aromatic heterocycles. The lowest BCUT2D eigenvalue weighted by Gasteiger charge is -2.26. The average molecular weight is 635 g/mol. The molecule has 8 heteroatoms. The molecule has 0 bridgehead atoms. The number of methoxy groups -OCH3 is 1. The molecule has 0 aliphatic rings. The molecule has 0 amide bonds. The molecular formula is C38H35ClN2O5. The molecule has 5 rings (SSSR count). The number of nitrogens with one attached hydrogen (secondary N) is 1. The highest BCUT2D eigenvalue weighted by Gasteiger charge is 2.21. The number of ketones is 1. The maximum absolute atomic E-state index is 13.1. The second kappa shape index (κ2) is 15.6. The second-order valence-electron chi connectivity index (χ2n) is 10.7. The molecule has 0 spiro atoms. The molecular weight excluding hydrogens is 600 g/mol. The summed E-state index contributed by atoms with van der Waals surface area (Å²) in [6, 6.07) is 38.0. The quantitative estimate of drug-likeness (QED) is 0.114. The molecule has 46 heavy (non-hydrogen) atoms. The third-order valence-corrected chi connectivity index (χ3v) is 7.79. The summed E-state index contributed by atoms with van der Waals surface area (Å²) in [4.78, 5) is 27.6. The summed E-state index contributed by atoms with van der Waals surface area (Å²) < 4.78 is 11.7. The molecule has 0 saturated heterocycles. The molecule has 0 fully saturated rings. The molecule has 0 aliphatic heterocycles. The Morgan fingerprint density at radius 3 is 2.30 bits per heavy atom. The van der Waals surface area contributed by atoms with Crippen LogP contribution in [0.4, 0.5) is 11.4 Å². The number of carboxylic acid groups (broad SMARTS) is 1. The summed E-state index contributed by atoms with van der Waals surface area (Å²) in [6.45, 7) is 1.61. The van der Waals surface area contributed by atoms with Crippen molar-refractivity contribution in [3.05, 3.63) is 155 Å². The van der Waals surface area contributed by atoms with Crippen molar-refractivity contribution in [2.75, 3.05) is 30.5 Å². The van der Waals surface area contributed by atoms with Crippen molar-refractivity contribution >= 4 is 34.7 Å². The highest BCUT2D eigenvalue weighted by atomic mass is 35.5. The topological polar surface area (TPSA) is 88.1 Å². The van der Waals surface area contributed by atoms with Crippen LogP contribution in [0.2, 0.25) is 5.02 Å². The highest BCUT2D eigenvalue weighted by molar-refractivity contribution is 6.30. The minimum absolute atomic E-state index is 0.175. The minimum atomic E-state index is -1.02. The summed E-state index contributed by atoms with van der Waals surface area (Å²) in [6.07, 6.45) is 0.213. The Morgan fingerprint density at radius 2 is 1.57 bits per heavy atom. The predicted molar refractivity (Wildman–Crippen MR) is 182 cm³/mol. The molecule has 5 aromatic carbocycles. The van der Waals surface area contributed by atoms with Gasteiger partial charge >= 0.3 is 5.97 Å². The number of carbonyl (C=O) groups excluding carboxylic acids is 1. The monoisotopic (exact) mass is 634 g/mol. The van der Waals surface area contributed by atoms with E-state index < -0.39 is 12.0 Å². The number of aliphatic carboxylic acids is 1. The minimum Gasteiger partial charge on any atom is -0.496 e. The van der Waals surface area contributed by atoms with E-state index in [0.29, 0.717) is 47.3 Å². The van der Waals surface area contributed by atoms with Crippen molar-refractivity contribution in [3.63, 3.8) is 0 Å². The van der Waals surface area contributed by atoms with Gasteiger partial charge in [-0.2, -0.15) is 0 Å². The number of anilines is 2. The molecule has 0 unspecified atom stereocenters. The van der Waals surface area contributed by atoms with E-state index in [-0.39, 0.29) is 12.2 Å². The van der Waals surface area contributed by atoms with Crippen LogP contribution in [0.15, 0.2) is 127 Å². The number of rotatable bonds is 15. The molecule has 1 atom stereocenters. The fourth-order valence-electron chi connectivity index (χ4n) is 5.18. The Hall–Kier alpha value is -5.27. The first kappa shape index (κ1) is 32.1. The SMILES string of the molecule is COc1ccccc1CN(CCOc1ccc(C[C@H](Nc2ccccc2C(=O)c2ccccc2)C(=O)O)cc1)c1cccc(Cl)c1. The Labute approximate surface area is 274 Å². The van der Waals surface area contributed by atoms with Crippen LogP contribution >= 0.6 is 11.6 Å². The van der Waals surface area contributed by atoms with Crippen LogP contribution in [-0.2, 0) is 17.8 Å². The van der Waals surface area contributed by atoms with Gasteiger partial charge in [-0.3, -0.25) is 4.79 Å². The summed E-state index contributed by atoms with van der Waals surface area (Å²) in [7, 11) is 1.66. The van der Waals surface area contributed by atoms with Crippen LogP contribution in [0.5, 0.6) is 11.5 Å². The number of nitrogens with zero attached hydrogens (tertiary/aromatic N) is 1. The maximum Gasteiger partial charge on any atom is 0.326 e. The van der Waals surface area contributed by atoms with Crippen LogP contribution in [0, 0.1) is 0 Å². The molecule has 0 saturated carbocycles. The van der Waals surface area contributed by atoms with Crippen LogP contribution in [-0.4, -0.2) is 43.2 Å². The fraction of sp³-hybridized carbons (Fsp3) is 0.158. The molecule has 0 heterocycles. The normalized spacial score (nSPS) is 11.3. The molecule has 0 radical (unpaired) electrons. The lowest BCUT2D eigenvalue weighted by molar-refractivity contribution is -0.137. The van der Waals surface area contributed by atoms with Gasteiger partial charge in [0.1, 0.15) is 24.1 Å². The molecule has 7 nitrogen and oxygen atoms in total. The maximum atomic E-state index is 13.1. The number of carboxylic acids is 1. The van der Waals surface area contributed by atoms with Crippen molar-refractivity contribution in [1.29, 1.82) is 0 Å². The van der Waals surface area contributed by atoms with Gasteiger partial charge in [-0.15, -0.1) is 0 Å². The van der Waals surface area contributed by atoms with Gasteiger partial charge < -0.3 is 24.8 Å². The number of benzene rings is 5. The van der Waals surface area contributed by atoms with Crippen LogP contribution < -0.4 is 19.7 Å². The van der Waals surface area contributed by atoms with Gasteiger partial charge in [0.2, 0.25) is 0 Å². The summed E-state index contributed by atoms with van der Waals surface area (Å²) in [5.74, 6) is 0.293. The van der Waals surface area contributed by atoms with E-state index in [1.807, 2.05) is 78.9 Å². The number of hydrogen-bond acceptors (Lipinski definition) is 6. The van der Waals surface area contributed by atoms with Crippen molar-refractivity contribution < 1.29 is 24.2 Å². The first-order chi connectivity index (χ1) is 22.4. The number of ether oxygens (including phenoxy) is 2. The smallest absolute Gasteiger partial charge is 0.326 e. The van der Waals surface area contributed by atoms with Crippen LogP contribution in [0.3, 0.4) is 0 Å².